The molecule has 0 aromatic carbocycles. The number of rotatable bonds is 7. The van der Waals surface area contributed by atoms with Gasteiger partial charge in [-0.05, 0) is 13.3 Å². The highest BCUT2D eigenvalue weighted by molar-refractivity contribution is 6.29. The van der Waals surface area contributed by atoms with E-state index in [9.17, 15) is 0 Å². The summed E-state index contributed by atoms with van der Waals surface area (Å²) in [4.78, 5) is 8.19. The molecule has 1 aromatic rings. The minimum atomic E-state index is 0.342. The third-order valence-corrected chi connectivity index (χ3v) is 1.92. The van der Waals surface area contributed by atoms with E-state index in [1.165, 1.54) is 0 Å². The van der Waals surface area contributed by atoms with Gasteiger partial charge >= 0.3 is 0 Å². The van der Waals surface area contributed by atoms with Gasteiger partial charge in [0.25, 0.3) is 0 Å². The first kappa shape index (κ1) is 12.9. The predicted molar refractivity (Wildman–Crippen MR) is 62.7 cm³/mol. The normalized spacial score (nSPS) is 10.1. The molecular formula is C11H15ClN2O2. The molecule has 88 valence electrons. The third-order valence-electron chi connectivity index (χ3n) is 1.72. The first-order valence-corrected chi connectivity index (χ1v) is 5.49. The zero-order chi connectivity index (χ0) is 11.8. The fourth-order valence-corrected chi connectivity index (χ4v) is 1.21. The molecule has 0 spiro atoms. The second-order valence-corrected chi connectivity index (χ2v) is 3.40. The van der Waals surface area contributed by atoms with E-state index in [0.717, 1.165) is 6.42 Å². The molecule has 1 aromatic heterocycles. The molecule has 0 amide bonds. The zero-order valence-electron chi connectivity index (χ0n) is 9.28. The smallest absolute Gasteiger partial charge is 0.218 e. The molecule has 0 aliphatic heterocycles. The van der Waals surface area contributed by atoms with Gasteiger partial charge < -0.3 is 9.47 Å². The van der Waals surface area contributed by atoms with Crippen LogP contribution in [-0.4, -0.2) is 23.2 Å². The monoisotopic (exact) mass is 242 g/mol. The molecular weight excluding hydrogens is 228 g/mol. The van der Waals surface area contributed by atoms with Gasteiger partial charge in [-0.2, -0.15) is 4.98 Å². The van der Waals surface area contributed by atoms with Crippen molar-refractivity contribution in [3.05, 3.63) is 29.7 Å². The van der Waals surface area contributed by atoms with Crippen LogP contribution in [0.1, 0.15) is 19.2 Å². The van der Waals surface area contributed by atoms with E-state index in [2.05, 4.69) is 16.5 Å². The molecule has 0 aliphatic carbocycles. The Morgan fingerprint density at radius 3 is 3.00 bits per heavy atom. The van der Waals surface area contributed by atoms with E-state index in [1.54, 1.807) is 12.1 Å². The van der Waals surface area contributed by atoms with Crippen molar-refractivity contribution < 1.29 is 9.47 Å². The van der Waals surface area contributed by atoms with Crippen LogP contribution in [0.3, 0.4) is 0 Å². The minimum absolute atomic E-state index is 0.342. The second kappa shape index (κ2) is 7.19. The number of nitrogens with zero attached hydrogens (tertiary/aromatic N) is 2. The van der Waals surface area contributed by atoms with Gasteiger partial charge in [0, 0.05) is 12.7 Å². The number of halogens is 1. The van der Waals surface area contributed by atoms with Crippen LogP contribution in [0, 0.1) is 0 Å². The Morgan fingerprint density at radius 2 is 2.31 bits per heavy atom. The lowest BCUT2D eigenvalue weighted by Crippen LogP contribution is -2.03. The highest BCUT2D eigenvalue weighted by Crippen LogP contribution is 2.14. The summed E-state index contributed by atoms with van der Waals surface area (Å²) in [7, 11) is 0. The average Bonchev–Trinajstić information content (AvgIpc) is 2.26. The summed E-state index contributed by atoms with van der Waals surface area (Å²) >= 11 is 5.83. The SMILES string of the molecule is C=CCCOc1cc(Cl)nc(COCC)n1. The number of hydrogen-bond acceptors (Lipinski definition) is 4. The Balaban J connectivity index is 2.61. The molecule has 0 fully saturated rings. The van der Waals surface area contributed by atoms with Gasteiger partial charge in [0.05, 0.1) is 6.61 Å². The minimum Gasteiger partial charge on any atom is -0.477 e. The van der Waals surface area contributed by atoms with E-state index >= 15 is 0 Å². The maximum Gasteiger partial charge on any atom is 0.218 e. The number of ether oxygens (including phenoxy) is 2. The van der Waals surface area contributed by atoms with Crippen LogP contribution in [-0.2, 0) is 11.3 Å². The Morgan fingerprint density at radius 1 is 1.50 bits per heavy atom. The molecule has 5 heteroatoms. The van der Waals surface area contributed by atoms with Gasteiger partial charge in [0.1, 0.15) is 11.8 Å². The van der Waals surface area contributed by atoms with Crippen molar-refractivity contribution in [3.8, 4) is 5.88 Å². The van der Waals surface area contributed by atoms with Crippen LogP contribution < -0.4 is 4.74 Å². The van der Waals surface area contributed by atoms with E-state index < -0.39 is 0 Å². The number of hydrogen-bond donors (Lipinski definition) is 0. The zero-order valence-corrected chi connectivity index (χ0v) is 10.0. The van der Waals surface area contributed by atoms with Crippen LogP contribution in [0.15, 0.2) is 18.7 Å². The summed E-state index contributed by atoms with van der Waals surface area (Å²) in [5.74, 6) is 1.000. The van der Waals surface area contributed by atoms with E-state index in [1.807, 2.05) is 6.92 Å². The van der Waals surface area contributed by atoms with Crippen molar-refractivity contribution in [2.75, 3.05) is 13.2 Å². The van der Waals surface area contributed by atoms with Gasteiger partial charge in [-0.25, -0.2) is 4.98 Å². The Labute approximate surface area is 100 Å². The van der Waals surface area contributed by atoms with Crippen molar-refractivity contribution in [2.45, 2.75) is 20.0 Å². The number of aromatic nitrogens is 2. The van der Waals surface area contributed by atoms with Crippen molar-refractivity contribution in [3.63, 3.8) is 0 Å². The summed E-state index contributed by atoms with van der Waals surface area (Å²) in [6.07, 6.45) is 2.55. The molecule has 0 saturated carbocycles. The second-order valence-electron chi connectivity index (χ2n) is 3.01. The Kier molecular flexibility index (Phi) is 5.82. The summed E-state index contributed by atoms with van der Waals surface area (Å²) in [6.45, 7) is 7.01. The largest absolute Gasteiger partial charge is 0.477 e. The molecule has 4 nitrogen and oxygen atoms in total. The van der Waals surface area contributed by atoms with Gasteiger partial charge in [-0.1, -0.05) is 17.7 Å². The Bertz CT molecular complexity index is 345. The molecule has 16 heavy (non-hydrogen) atoms. The fourth-order valence-electron chi connectivity index (χ4n) is 1.02. The van der Waals surface area contributed by atoms with Crippen molar-refractivity contribution >= 4 is 11.6 Å². The van der Waals surface area contributed by atoms with Gasteiger partial charge in [-0.15, -0.1) is 6.58 Å². The molecule has 1 rings (SSSR count). The highest BCUT2D eigenvalue weighted by Gasteiger charge is 2.04. The lowest BCUT2D eigenvalue weighted by atomic mass is 10.4. The quantitative estimate of drug-likeness (QED) is 0.419. The lowest BCUT2D eigenvalue weighted by molar-refractivity contribution is 0.127. The molecule has 0 aliphatic rings. The van der Waals surface area contributed by atoms with Crippen molar-refractivity contribution in [1.29, 1.82) is 0 Å². The maximum atomic E-state index is 5.83. The molecule has 0 bridgehead atoms. The van der Waals surface area contributed by atoms with Crippen molar-refractivity contribution in [2.24, 2.45) is 0 Å². The average molecular weight is 243 g/mol. The van der Waals surface area contributed by atoms with E-state index in [0.29, 0.717) is 36.7 Å². The topological polar surface area (TPSA) is 44.2 Å². The Hall–Kier alpha value is -1.13. The first-order valence-electron chi connectivity index (χ1n) is 5.11. The molecule has 0 radical (unpaired) electrons. The van der Waals surface area contributed by atoms with Crippen LogP contribution in [0.25, 0.3) is 0 Å². The predicted octanol–water partition coefficient (Wildman–Crippen LogP) is 2.62. The fraction of sp³-hybridized carbons (Fsp3) is 0.455. The summed E-state index contributed by atoms with van der Waals surface area (Å²) in [6, 6.07) is 1.58. The molecule has 1 heterocycles. The molecule has 0 unspecified atom stereocenters. The summed E-state index contributed by atoms with van der Waals surface area (Å²) < 4.78 is 10.6. The molecule has 0 saturated heterocycles. The lowest BCUT2D eigenvalue weighted by Gasteiger charge is -2.06. The first-order chi connectivity index (χ1) is 7.76. The highest BCUT2D eigenvalue weighted by atomic mass is 35.5. The van der Waals surface area contributed by atoms with Gasteiger partial charge in [0.15, 0.2) is 5.82 Å². The van der Waals surface area contributed by atoms with Gasteiger partial charge in [-0.3, -0.25) is 0 Å². The standard InChI is InChI=1S/C11H15ClN2O2/c1-3-5-6-16-11-7-9(12)13-10(14-11)8-15-4-2/h3,7H,1,4-6,8H2,2H3. The summed E-state index contributed by atoms with van der Waals surface area (Å²) in [5, 5.41) is 0.360. The van der Waals surface area contributed by atoms with Crippen molar-refractivity contribution in [1.82, 2.24) is 9.97 Å². The van der Waals surface area contributed by atoms with Gasteiger partial charge in [0.2, 0.25) is 5.88 Å². The van der Waals surface area contributed by atoms with Crippen LogP contribution >= 0.6 is 11.6 Å². The van der Waals surface area contributed by atoms with Crippen LogP contribution in [0.2, 0.25) is 5.15 Å². The third kappa shape index (κ3) is 4.59. The van der Waals surface area contributed by atoms with E-state index in [-0.39, 0.29) is 0 Å². The maximum absolute atomic E-state index is 5.83. The van der Waals surface area contributed by atoms with E-state index in [4.69, 9.17) is 21.1 Å². The molecule has 0 atom stereocenters. The molecule has 0 N–H and O–H groups in total. The van der Waals surface area contributed by atoms with Crippen LogP contribution in [0.4, 0.5) is 0 Å². The summed E-state index contributed by atoms with van der Waals surface area (Å²) in [5.41, 5.74) is 0. The van der Waals surface area contributed by atoms with Crippen LogP contribution in [0.5, 0.6) is 5.88 Å².